The van der Waals surface area contributed by atoms with Crippen LogP contribution >= 0.6 is 0 Å². The first-order chi connectivity index (χ1) is 20.4. The van der Waals surface area contributed by atoms with Gasteiger partial charge in [-0.1, -0.05) is 0 Å². The summed E-state index contributed by atoms with van der Waals surface area (Å²) in [6.07, 6.45) is 6.09. The van der Waals surface area contributed by atoms with Gasteiger partial charge in [0, 0.05) is 55.1 Å². The Morgan fingerprint density at radius 3 is 1.70 bits per heavy atom. The number of halogens is 4. The van der Waals surface area contributed by atoms with Crippen LogP contribution in [-0.2, 0) is 9.47 Å². The topological polar surface area (TPSA) is 155 Å². The highest BCUT2D eigenvalue weighted by Gasteiger charge is 2.24. The Bertz CT molecular complexity index is 1480. The summed E-state index contributed by atoms with van der Waals surface area (Å²) >= 11 is 0. The number of hydrogen-bond donors (Lipinski definition) is 1. The zero-order valence-corrected chi connectivity index (χ0v) is 23.6. The van der Waals surface area contributed by atoms with Gasteiger partial charge in [0.15, 0.2) is 0 Å². The molecule has 0 aliphatic heterocycles. The highest BCUT2D eigenvalue weighted by molar-refractivity contribution is 5.87. The van der Waals surface area contributed by atoms with E-state index in [1.807, 2.05) is 0 Å². The van der Waals surface area contributed by atoms with Crippen LogP contribution in [0.2, 0.25) is 0 Å². The van der Waals surface area contributed by atoms with Gasteiger partial charge in [-0.2, -0.15) is 37.1 Å². The smallest absolute Gasteiger partial charge is 0.415 e. The number of alkyl halides is 4. The van der Waals surface area contributed by atoms with Crippen molar-refractivity contribution < 1.29 is 36.6 Å². The summed E-state index contributed by atoms with van der Waals surface area (Å²) in [4.78, 5) is 39.5. The first-order valence-electron chi connectivity index (χ1n) is 12.6. The Labute approximate surface area is 242 Å². The molecule has 14 nitrogen and oxygen atoms in total. The van der Waals surface area contributed by atoms with Crippen molar-refractivity contribution in [3.63, 3.8) is 0 Å². The normalized spacial score (nSPS) is 11.0. The van der Waals surface area contributed by atoms with Crippen molar-refractivity contribution in [3.05, 3.63) is 49.6 Å². The number of carbonyl (C=O) groups excluding carboxylic acids is 2. The summed E-state index contributed by atoms with van der Waals surface area (Å²) in [6.45, 7) is 0.833. The lowest BCUT2D eigenvalue weighted by Gasteiger charge is -2.19. The van der Waals surface area contributed by atoms with Crippen molar-refractivity contribution in [2.45, 2.75) is 53.0 Å². The second-order valence-electron chi connectivity index (χ2n) is 9.07. The fourth-order valence-corrected chi connectivity index (χ4v) is 3.28. The van der Waals surface area contributed by atoms with Crippen molar-refractivity contribution >= 4 is 23.8 Å². The summed E-state index contributed by atoms with van der Waals surface area (Å²) in [5.74, 6) is -0.256. The predicted octanol–water partition coefficient (Wildman–Crippen LogP) is 5.41. The predicted molar refractivity (Wildman–Crippen MR) is 144 cm³/mol. The average Bonchev–Trinajstić information content (AvgIpc) is 3.59. The van der Waals surface area contributed by atoms with E-state index in [0.717, 1.165) is 4.90 Å². The highest BCUT2D eigenvalue weighted by atomic mass is 19.3. The minimum atomic E-state index is -2.90. The maximum Gasteiger partial charge on any atom is 0.415 e. The van der Waals surface area contributed by atoms with E-state index in [1.54, 1.807) is 27.7 Å². The van der Waals surface area contributed by atoms with Gasteiger partial charge in [0.05, 0.1) is 23.6 Å². The first kappa shape index (κ1) is 32.4. The largest absolute Gasteiger partial charge is 0.447 e. The molecule has 0 bridgehead atoms. The quantitative estimate of drug-likeness (QED) is 0.257. The molecule has 0 unspecified atom stereocenters. The van der Waals surface area contributed by atoms with E-state index >= 15 is 0 Å². The average molecular weight is 609 g/mol. The number of aromatic nitrogens is 8. The van der Waals surface area contributed by atoms with Crippen LogP contribution in [0, 0.1) is 0 Å². The second-order valence-corrected chi connectivity index (χ2v) is 9.07. The second kappa shape index (κ2) is 14.6. The third-order valence-electron chi connectivity index (χ3n) is 5.06. The molecule has 2 amide bonds. The van der Waals surface area contributed by atoms with Crippen LogP contribution in [0.3, 0.4) is 0 Å². The van der Waals surface area contributed by atoms with Gasteiger partial charge in [0.1, 0.15) is 24.3 Å². The first-order valence-corrected chi connectivity index (χ1v) is 12.6. The van der Waals surface area contributed by atoms with E-state index in [0.29, 0.717) is 20.5 Å². The molecule has 0 saturated carbocycles. The van der Waals surface area contributed by atoms with Crippen LogP contribution in [0.25, 0.3) is 22.5 Å². The fourth-order valence-electron chi connectivity index (χ4n) is 3.28. The van der Waals surface area contributed by atoms with Gasteiger partial charge in [0.25, 0.3) is 0 Å². The van der Waals surface area contributed by atoms with Crippen LogP contribution in [-0.4, -0.2) is 70.9 Å². The number of anilines is 2. The van der Waals surface area contributed by atoms with E-state index in [1.165, 1.54) is 56.6 Å². The van der Waals surface area contributed by atoms with Gasteiger partial charge in [-0.15, -0.1) is 0 Å². The van der Waals surface area contributed by atoms with Crippen molar-refractivity contribution in [2.75, 3.05) is 17.3 Å². The molecular formula is C25H28F4N10O4. The van der Waals surface area contributed by atoms with E-state index in [4.69, 9.17) is 9.47 Å². The molecule has 0 aromatic carbocycles. The fraction of sp³-hybridized carbons (Fsp3) is 0.360. The lowest BCUT2D eigenvalue weighted by atomic mass is 10.2. The number of amides is 2. The Morgan fingerprint density at radius 1 is 0.767 bits per heavy atom. The summed E-state index contributed by atoms with van der Waals surface area (Å²) < 4.78 is 62.8. The maximum absolute atomic E-state index is 13.1. The zero-order valence-electron chi connectivity index (χ0n) is 23.6. The minimum absolute atomic E-state index is 0.0838. The highest BCUT2D eigenvalue weighted by Crippen LogP contribution is 2.28. The van der Waals surface area contributed by atoms with Gasteiger partial charge >= 0.3 is 25.3 Å². The van der Waals surface area contributed by atoms with Crippen LogP contribution in [0.15, 0.2) is 49.6 Å². The molecule has 4 aromatic heterocycles. The van der Waals surface area contributed by atoms with Crippen LogP contribution in [0.1, 0.15) is 40.8 Å². The number of carbonyl (C=O) groups is 2. The minimum Gasteiger partial charge on any atom is -0.447 e. The molecule has 18 heteroatoms. The van der Waals surface area contributed by atoms with Crippen LogP contribution in [0.4, 0.5) is 38.8 Å². The Hall–Kier alpha value is -5.16. The van der Waals surface area contributed by atoms with Crippen molar-refractivity contribution in [1.29, 1.82) is 0 Å². The summed E-state index contributed by atoms with van der Waals surface area (Å²) in [7, 11) is 1.34. The molecule has 230 valence electrons. The van der Waals surface area contributed by atoms with Crippen molar-refractivity contribution in [1.82, 2.24) is 39.5 Å². The molecule has 0 aliphatic carbocycles. The lowest BCUT2D eigenvalue weighted by Crippen LogP contribution is -2.31. The standard InChI is InChI=1S/C13H15F2N5O2.C12H13F2N5O2/c1-8(2)22-13(21)19(3)11-4-10(18-20(11)12(14)15)9-5-16-7-17-6-9;1-7(2)21-12(20)17-10-3-9(18-19(10)11(13)14)8-4-15-6-16-5-8/h4-8,12H,1-3H3;3-7,11H,1-2H3,(H,17,20). The van der Waals surface area contributed by atoms with Crippen LogP contribution < -0.4 is 10.2 Å². The number of ether oxygens (including phenoxy) is 2. The Balaban J connectivity index is 0.000000236. The third kappa shape index (κ3) is 8.91. The molecular weight excluding hydrogens is 580 g/mol. The molecule has 4 heterocycles. The zero-order chi connectivity index (χ0) is 31.7. The number of nitrogens with zero attached hydrogens (tertiary/aromatic N) is 9. The molecule has 1 N–H and O–H groups in total. The van der Waals surface area contributed by atoms with E-state index in [2.05, 4.69) is 35.5 Å². The SMILES string of the molecule is CC(C)OC(=O)N(C)c1cc(-c2cncnc2)nn1C(F)F.CC(C)OC(=O)Nc1cc(-c2cncnc2)nn1C(F)F. The monoisotopic (exact) mass is 608 g/mol. The van der Waals surface area contributed by atoms with Crippen molar-refractivity contribution in [2.24, 2.45) is 0 Å². The van der Waals surface area contributed by atoms with Crippen molar-refractivity contribution in [3.8, 4) is 22.5 Å². The van der Waals surface area contributed by atoms with E-state index in [-0.39, 0.29) is 35.2 Å². The summed E-state index contributed by atoms with van der Waals surface area (Å²) in [6, 6.07) is 2.65. The van der Waals surface area contributed by atoms with Gasteiger partial charge in [-0.05, 0) is 27.7 Å². The molecule has 0 atom stereocenters. The third-order valence-corrected chi connectivity index (χ3v) is 5.06. The molecule has 0 aliphatic rings. The summed E-state index contributed by atoms with van der Waals surface area (Å²) in [5, 5.41) is 9.76. The van der Waals surface area contributed by atoms with E-state index < -0.39 is 25.3 Å². The number of nitrogens with one attached hydrogen (secondary N) is 1. The molecule has 43 heavy (non-hydrogen) atoms. The van der Waals surface area contributed by atoms with Gasteiger partial charge in [0.2, 0.25) is 0 Å². The van der Waals surface area contributed by atoms with Gasteiger partial charge in [-0.25, -0.2) is 29.5 Å². The van der Waals surface area contributed by atoms with Gasteiger partial charge < -0.3 is 9.47 Å². The molecule has 0 fully saturated rings. The number of rotatable bonds is 8. The molecule has 4 aromatic rings. The van der Waals surface area contributed by atoms with Gasteiger partial charge in [-0.3, -0.25) is 10.2 Å². The van der Waals surface area contributed by atoms with Crippen LogP contribution in [0.5, 0.6) is 0 Å². The Kier molecular flexibility index (Phi) is 11.0. The molecule has 4 rings (SSSR count). The number of hydrogen-bond acceptors (Lipinski definition) is 10. The Morgan fingerprint density at radius 2 is 1.23 bits per heavy atom. The maximum atomic E-state index is 13.1. The van der Waals surface area contributed by atoms with E-state index in [9.17, 15) is 27.2 Å². The molecule has 0 radical (unpaired) electrons. The molecule has 0 saturated heterocycles. The lowest BCUT2D eigenvalue weighted by molar-refractivity contribution is 0.0577. The molecule has 0 spiro atoms. The summed E-state index contributed by atoms with van der Waals surface area (Å²) in [5.41, 5.74) is 1.38.